The molecule has 0 aliphatic rings. The van der Waals surface area contributed by atoms with Gasteiger partial charge in [0, 0.05) is 24.0 Å². The fraction of sp³-hybridized carbons (Fsp3) is 0.450. The van der Waals surface area contributed by atoms with Gasteiger partial charge in [0.15, 0.2) is 0 Å². The molecule has 1 heterocycles. The van der Waals surface area contributed by atoms with E-state index >= 15 is 0 Å². The van der Waals surface area contributed by atoms with Crippen molar-refractivity contribution in [3.05, 3.63) is 51.7 Å². The third kappa shape index (κ3) is 6.43. The summed E-state index contributed by atoms with van der Waals surface area (Å²) in [6, 6.07) is 5.53. The molecule has 1 aromatic heterocycles. The van der Waals surface area contributed by atoms with Crippen LogP contribution in [0.3, 0.4) is 0 Å². The number of aromatic nitrogens is 1. The lowest BCUT2D eigenvalue weighted by atomic mass is 10.1. The van der Waals surface area contributed by atoms with Crippen molar-refractivity contribution in [3.63, 3.8) is 0 Å². The highest BCUT2D eigenvalue weighted by atomic mass is 32.1. The molecule has 0 spiro atoms. The van der Waals surface area contributed by atoms with Gasteiger partial charge >= 0.3 is 0 Å². The van der Waals surface area contributed by atoms with Crippen LogP contribution in [0.4, 0.5) is 4.39 Å². The Morgan fingerprint density at radius 3 is 2.41 bits per heavy atom. The van der Waals surface area contributed by atoms with Crippen LogP contribution in [0.2, 0.25) is 0 Å². The average molecular weight is 392 g/mol. The Labute approximate surface area is 163 Å². The van der Waals surface area contributed by atoms with Gasteiger partial charge in [-0.05, 0) is 36.1 Å². The summed E-state index contributed by atoms with van der Waals surface area (Å²) in [5.74, 6) is -0.125. The lowest BCUT2D eigenvalue weighted by Gasteiger charge is -2.23. The van der Waals surface area contributed by atoms with Crippen LogP contribution in [0.5, 0.6) is 0 Å². The van der Waals surface area contributed by atoms with Crippen molar-refractivity contribution in [2.45, 2.75) is 34.2 Å². The molecule has 5 nitrogen and oxygen atoms in total. The Bertz CT molecular complexity index is 772. The minimum absolute atomic E-state index is 0.176. The summed E-state index contributed by atoms with van der Waals surface area (Å²) in [5, 5.41) is 5.24. The standard InChI is InChI=1S/C20H26FN3O2S/c1-13(2)9-22-19(25)17-12-27-18(23-17)11-24(10-14(3)4)20(26)15-5-7-16(21)8-6-15/h5-8,12-14H,9-11H2,1-4H3,(H,22,25). The van der Waals surface area contributed by atoms with Gasteiger partial charge in [0.1, 0.15) is 16.5 Å². The monoisotopic (exact) mass is 391 g/mol. The first-order valence-electron chi connectivity index (χ1n) is 9.03. The number of carbonyl (C=O) groups excluding carboxylic acids is 2. The van der Waals surface area contributed by atoms with Gasteiger partial charge in [-0.3, -0.25) is 9.59 Å². The number of carbonyl (C=O) groups is 2. The van der Waals surface area contributed by atoms with E-state index in [1.807, 2.05) is 27.7 Å². The van der Waals surface area contributed by atoms with Crippen LogP contribution in [0.1, 0.15) is 53.5 Å². The number of amides is 2. The lowest BCUT2D eigenvalue weighted by Crippen LogP contribution is -2.34. The second kappa shape index (κ2) is 9.60. The van der Waals surface area contributed by atoms with Crippen LogP contribution in [0, 0.1) is 17.7 Å². The molecule has 0 saturated carbocycles. The van der Waals surface area contributed by atoms with Gasteiger partial charge in [0.25, 0.3) is 11.8 Å². The molecule has 146 valence electrons. The normalized spacial score (nSPS) is 11.1. The summed E-state index contributed by atoms with van der Waals surface area (Å²) in [6.07, 6.45) is 0. The molecule has 1 aromatic carbocycles. The molecular weight excluding hydrogens is 365 g/mol. The van der Waals surface area contributed by atoms with Gasteiger partial charge in [-0.15, -0.1) is 11.3 Å². The van der Waals surface area contributed by atoms with Gasteiger partial charge in [-0.1, -0.05) is 27.7 Å². The van der Waals surface area contributed by atoms with Crippen LogP contribution in [-0.2, 0) is 6.54 Å². The van der Waals surface area contributed by atoms with E-state index in [0.717, 1.165) is 0 Å². The van der Waals surface area contributed by atoms with E-state index in [4.69, 9.17) is 0 Å². The second-order valence-electron chi connectivity index (χ2n) is 7.32. The van der Waals surface area contributed by atoms with Crippen LogP contribution in [0.15, 0.2) is 29.6 Å². The number of thiazole rings is 1. The van der Waals surface area contributed by atoms with E-state index in [1.54, 1.807) is 10.3 Å². The van der Waals surface area contributed by atoms with Crippen molar-refractivity contribution in [1.29, 1.82) is 0 Å². The highest BCUT2D eigenvalue weighted by Gasteiger charge is 2.20. The molecule has 0 bridgehead atoms. The van der Waals surface area contributed by atoms with Gasteiger partial charge in [-0.25, -0.2) is 9.37 Å². The van der Waals surface area contributed by atoms with Gasteiger partial charge in [0.2, 0.25) is 0 Å². The summed E-state index contributed by atoms with van der Waals surface area (Å²) in [7, 11) is 0. The molecule has 2 aromatic rings. The molecule has 0 aliphatic heterocycles. The predicted molar refractivity (Wildman–Crippen MR) is 105 cm³/mol. The molecule has 0 unspecified atom stereocenters. The van der Waals surface area contributed by atoms with Crippen molar-refractivity contribution in [3.8, 4) is 0 Å². The topological polar surface area (TPSA) is 62.3 Å². The number of rotatable bonds is 8. The SMILES string of the molecule is CC(C)CNC(=O)c1csc(CN(CC(C)C)C(=O)c2ccc(F)cc2)n1. The molecule has 2 amide bonds. The van der Waals surface area contributed by atoms with E-state index in [0.29, 0.717) is 41.8 Å². The van der Waals surface area contributed by atoms with Crippen LogP contribution in [0.25, 0.3) is 0 Å². The minimum atomic E-state index is -0.376. The molecule has 0 atom stereocenters. The third-order valence-electron chi connectivity index (χ3n) is 3.75. The predicted octanol–water partition coefficient (Wildman–Crippen LogP) is 3.97. The zero-order chi connectivity index (χ0) is 20.0. The summed E-state index contributed by atoms with van der Waals surface area (Å²) in [5.41, 5.74) is 0.804. The summed E-state index contributed by atoms with van der Waals surface area (Å²) >= 11 is 1.36. The van der Waals surface area contributed by atoms with Crippen LogP contribution in [-0.4, -0.2) is 34.8 Å². The van der Waals surface area contributed by atoms with Crippen molar-refractivity contribution >= 4 is 23.2 Å². The molecule has 0 aliphatic carbocycles. The van der Waals surface area contributed by atoms with Gasteiger partial charge in [-0.2, -0.15) is 0 Å². The van der Waals surface area contributed by atoms with Crippen molar-refractivity contribution in [2.24, 2.45) is 11.8 Å². The maximum atomic E-state index is 13.1. The molecule has 7 heteroatoms. The highest BCUT2D eigenvalue weighted by molar-refractivity contribution is 7.09. The van der Waals surface area contributed by atoms with Gasteiger partial charge in [0.05, 0.1) is 6.54 Å². The number of halogens is 1. The summed E-state index contributed by atoms with van der Waals surface area (Å²) in [6.45, 7) is 9.56. The smallest absolute Gasteiger partial charge is 0.270 e. The molecular formula is C20H26FN3O2S. The Morgan fingerprint density at radius 1 is 1.15 bits per heavy atom. The first kappa shape index (κ1) is 21.0. The molecule has 0 radical (unpaired) electrons. The molecule has 1 N–H and O–H groups in total. The van der Waals surface area contributed by atoms with E-state index in [2.05, 4.69) is 10.3 Å². The number of nitrogens with one attached hydrogen (secondary N) is 1. The zero-order valence-electron chi connectivity index (χ0n) is 16.2. The zero-order valence-corrected chi connectivity index (χ0v) is 17.0. The second-order valence-corrected chi connectivity index (χ2v) is 8.26. The fourth-order valence-electron chi connectivity index (χ4n) is 2.47. The Morgan fingerprint density at radius 2 is 1.81 bits per heavy atom. The maximum Gasteiger partial charge on any atom is 0.270 e. The van der Waals surface area contributed by atoms with E-state index in [-0.39, 0.29) is 23.5 Å². The first-order chi connectivity index (χ1) is 12.8. The lowest BCUT2D eigenvalue weighted by molar-refractivity contribution is 0.0722. The van der Waals surface area contributed by atoms with E-state index in [1.165, 1.54) is 35.6 Å². The minimum Gasteiger partial charge on any atom is -0.350 e. The molecule has 0 saturated heterocycles. The molecule has 2 rings (SSSR count). The summed E-state index contributed by atoms with van der Waals surface area (Å²) in [4.78, 5) is 31.0. The van der Waals surface area contributed by atoms with Crippen LogP contribution < -0.4 is 5.32 Å². The van der Waals surface area contributed by atoms with E-state index in [9.17, 15) is 14.0 Å². The largest absolute Gasteiger partial charge is 0.350 e. The maximum absolute atomic E-state index is 13.1. The Hall–Kier alpha value is -2.28. The molecule has 0 fully saturated rings. The van der Waals surface area contributed by atoms with Gasteiger partial charge < -0.3 is 10.2 Å². The number of nitrogens with zero attached hydrogens (tertiary/aromatic N) is 2. The van der Waals surface area contributed by atoms with E-state index < -0.39 is 0 Å². The number of hydrogen-bond donors (Lipinski definition) is 1. The van der Waals surface area contributed by atoms with Crippen molar-refractivity contribution in [2.75, 3.05) is 13.1 Å². The fourth-order valence-corrected chi connectivity index (χ4v) is 3.26. The highest BCUT2D eigenvalue weighted by Crippen LogP contribution is 2.16. The summed E-state index contributed by atoms with van der Waals surface area (Å²) < 4.78 is 13.1. The first-order valence-corrected chi connectivity index (χ1v) is 9.91. The Balaban J connectivity index is 2.11. The Kier molecular flexibility index (Phi) is 7.47. The number of hydrogen-bond acceptors (Lipinski definition) is 4. The number of benzene rings is 1. The third-order valence-corrected chi connectivity index (χ3v) is 4.58. The average Bonchev–Trinajstić information content (AvgIpc) is 3.07. The molecule has 27 heavy (non-hydrogen) atoms. The quantitative estimate of drug-likeness (QED) is 0.741. The van der Waals surface area contributed by atoms with Crippen LogP contribution >= 0.6 is 11.3 Å². The van der Waals surface area contributed by atoms with Crippen molar-refractivity contribution in [1.82, 2.24) is 15.2 Å². The van der Waals surface area contributed by atoms with Crippen molar-refractivity contribution < 1.29 is 14.0 Å².